The van der Waals surface area contributed by atoms with Crippen molar-refractivity contribution in [1.29, 1.82) is 0 Å². The zero-order chi connectivity index (χ0) is 38.0. The van der Waals surface area contributed by atoms with Crippen LogP contribution in [-0.2, 0) is 39.4 Å². The SMILES string of the molecule is C=CCOC1(c2ccc(C)c(Cc3ccc(-c4ccc(F)cc4)s3)c2)OC(CO[Si](C)(C)C)C(O[Si](C)(C)C)C(O[Si](C)(C)C)C1O[Si](C)(C)C. The Bertz CT molecular complexity index is 1610. The van der Waals surface area contributed by atoms with Gasteiger partial charge in [-0.2, -0.15) is 0 Å². The van der Waals surface area contributed by atoms with Crippen LogP contribution in [0, 0.1) is 12.7 Å². The number of hydrogen-bond acceptors (Lipinski definition) is 7. The number of rotatable bonds is 16. The summed E-state index contributed by atoms with van der Waals surface area (Å²) in [6.07, 6.45) is 0.507. The molecule has 5 unspecified atom stereocenters. The molecule has 1 aliphatic rings. The Morgan fingerprint density at radius 1 is 0.784 bits per heavy atom. The second-order valence-corrected chi connectivity index (χ2v) is 36.5. The molecule has 0 radical (unpaired) electrons. The normalized spacial score (nSPS) is 23.4. The van der Waals surface area contributed by atoms with Crippen LogP contribution in [0.25, 0.3) is 10.4 Å². The fraction of sp³-hybridized carbons (Fsp3) is 0.538. The van der Waals surface area contributed by atoms with Gasteiger partial charge in [0.2, 0.25) is 5.79 Å². The highest BCUT2D eigenvalue weighted by molar-refractivity contribution is 7.15. The third-order valence-corrected chi connectivity index (χ3v) is 13.2. The van der Waals surface area contributed by atoms with Gasteiger partial charge in [-0.25, -0.2) is 4.39 Å². The molecule has 0 aliphatic carbocycles. The quantitative estimate of drug-likeness (QED) is 0.106. The summed E-state index contributed by atoms with van der Waals surface area (Å²) in [4.78, 5) is 2.31. The number of thiophene rings is 1. The van der Waals surface area contributed by atoms with Crippen molar-refractivity contribution in [2.45, 2.75) is 122 Å². The molecule has 1 aliphatic heterocycles. The summed E-state index contributed by atoms with van der Waals surface area (Å²) < 4.78 is 56.0. The summed E-state index contributed by atoms with van der Waals surface area (Å²) >= 11 is 1.72. The Balaban J connectivity index is 1.90. The minimum Gasteiger partial charge on any atom is -0.415 e. The molecular formula is C39H61FO6SSi4. The molecule has 282 valence electrons. The number of aryl methyl sites for hydroxylation is 1. The predicted octanol–water partition coefficient (Wildman–Crippen LogP) is 10.7. The van der Waals surface area contributed by atoms with Crippen LogP contribution in [-0.4, -0.2) is 70.9 Å². The van der Waals surface area contributed by atoms with E-state index in [-0.39, 0.29) is 12.4 Å². The highest BCUT2D eigenvalue weighted by Crippen LogP contribution is 2.46. The summed E-state index contributed by atoms with van der Waals surface area (Å²) in [6.45, 7) is 33.2. The molecule has 3 aromatic rings. The first-order chi connectivity index (χ1) is 23.5. The van der Waals surface area contributed by atoms with Crippen LogP contribution in [0.4, 0.5) is 4.39 Å². The summed E-state index contributed by atoms with van der Waals surface area (Å²) in [7, 11) is -8.47. The average Bonchev–Trinajstić information content (AvgIpc) is 3.45. The second kappa shape index (κ2) is 16.4. The largest absolute Gasteiger partial charge is 0.415 e. The van der Waals surface area contributed by atoms with Crippen molar-refractivity contribution in [1.82, 2.24) is 0 Å². The minimum absolute atomic E-state index is 0.234. The van der Waals surface area contributed by atoms with E-state index in [0.717, 1.165) is 28.0 Å². The lowest BCUT2D eigenvalue weighted by molar-refractivity contribution is -0.362. The maximum Gasteiger partial charge on any atom is 0.224 e. The van der Waals surface area contributed by atoms with Gasteiger partial charge in [0.05, 0.1) is 13.2 Å². The number of benzene rings is 2. The van der Waals surface area contributed by atoms with E-state index < -0.39 is 63.5 Å². The van der Waals surface area contributed by atoms with Gasteiger partial charge in [-0.05, 0) is 133 Å². The van der Waals surface area contributed by atoms with Crippen molar-refractivity contribution >= 4 is 44.6 Å². The van der Waals surface area contributed by atoms with E-state index in [0.29, 0.717) is 6.61 Å². The molecule has 2 heterocycles. The lowest BCUT2D eigenvalue weighted by Gasteiger charge is -2.56. The number of hydrogen-bond donors (Lipinski definition) is 0. The van der Waals surface area contributed by atoms with Crippen molar-refractivity contribution in [3.63, 3.8) is 0 Å². The van der Waals surface area contributed by atoms with Crippen LogP contribution in [0.3, 0.4) is 0 Å². The first-order valence-electron chi connectivity index (χ1n) is 18.0. The Labute approximate surface area is 315 Å². The van der Waals surface area contributed by atoms with Crippen LogP contribution in [0.5, 0.6) is 0 Å². The zero-order valence-corrected chi connectivity index (χ0v) is 38.0. The molecule has 1 aromatic heterocycles. The van der Waals surface area contributed by atoms with Crippen LogP contribution in [0.2, 0.25) is 78.6 Å². The standard InChI is InChI=1S/C39H61FO6SSi4/c1-15-24-41-39(31-19-16-28(2)30(25-31)26-33-22-23-35(47-33)29-17-20-32(40)21-18-29)38(46-51(12,13)14)37(45-50(9,10)11)36(44-49(6,7)8)34(43-39)27-42-48(3,4)5/h15-23,25,34,36-38H,1,24,26-27H2,2-14H3. The average molecular weight is 789 g/mol. The van der Waals surface area contributed by atoms with E-state index in [1.807, 2.05) is 12.1 Å². The number of halogens is 1. The van der Waals surface area contributed by atoms with Gasteiger partial charge in [-0.15, -0.1) is 17.9 Å². The summed E-state index contributed by atoms with van der Waals surface area (Å²) in [5, 5.41) is 0. The lowest BCUT2D eigenvalue weighted by Crippen LogP contribution is -2.70. The monoisotopic (exact) mass is 788 g/mol. The third kappa shape index (κ3) is 12.0. The van der Waals surface area contributed by atoms with Gasteiger partial charge in [-0.1, -0.05) is 30.3 Å². The van der Waals surface area contributed by atoms with Gasteiger partial charge >= 0.3 is 0 Å². The molecule has 0 amide bonds. The molecule has 0 bridgehead atoms. The van der Waals surface area contributed by atoms with Crippen LogP contribution in [0.15, 0.2) is 67.3 Å². The van der Waals surface area contributed by atoms with Crippen molar-refractivity contribution in [3.8, 4) is 10.4 Å². The zero-order valence-electron chi connectivity index (χ0n) is 33.1. The van der Waals surface area contributed by atoms with Gasteiger partial charge in [0.1, 0.15) is 30.2 Å². The van der Waals surface area contributed by atoms with E-state index in [2.05, 4.69) is 122 Å². The molecule has 0 spiro atoms. The van der Waals surface area contributed by atoms with Crippen molar-refractivity contribution in [2.24, 2.45) is 0 Å². The van der Waals surface area contributed by atoms with Gasteiger partial charge in [0, 0.05) is 21.7 Å². The third-order valence-electron chi connectivity index (χ3n) is 8.15. The minimum atomic E-state index is -2.24. The first kappa shape index (κ1) is 42.2. The van der Waals surface area contributed by atoms with Crippen LogP contribution >= 0.6 is 11.3 Å². The van der Waals surface area contributed by atoms with Gasteiger partial charge in [0.15, 0.2) is 33.3 Å². The maximum atomic E-state index is 13.6. The molecule has 4 rings (SSSR count). The molecule has 1 saturated heterocycles. The summed E-state index contributed by atoms with van der Waals surface area (Å²) in [5.74, 6) is -1.56. The van der Waals surface area contributed by atoms with E-state index in [1.165, 1.54) is 22.6 Å². The second-order valence-electron chi connectivity index (χ2n) is 17.5. The first-order valence-corrected chi connectivity index (χ1v) is 32.5. The van der Waals surface area contributed by atoms with Crippen molar-refractivity contribution < 1.29 is 31.6 Å². The molecule has 1 fully saturated rings. The highest BCUT2D eigenvalue weighted by atomic mass is 32.1. The Kier molecular flexibility index (Phi) is 13.6. The van der Waals surface area contributed by atoms with Crippen molar-refractivity contribution in [3.05, 3.63) is 94.6 Å². The van der Waals surface area contributed by atoms with Gasteiger partial charge in [-0.3, -0.25) is 0 Å². The van der Waals surface area contributed by atoms with Gasteiger partial charge < -0.3 is 27.2 Å². The molecule has 0 N–H and O–H groups in total. The fourth-order valence-corrected chi connectivity index (χ4v) is 11.1. The highest BCUT2D eigenvalue weighted by Gasteiger charge is 2.60. The Morgan fingerprint density at radius 3 is 1.96 bits per heavy atom. The van der Waals surface area contributed by atoms with Crippen LogP contribution in [0.1, 0.15) is 21.6 Å². The molecule has 51 heavy (non-hydrogen) atoms. The smallest absolute Gasteiger partial charge is 0.224 e. The Hall–Kier alpha value is -1.56. The molecule has 12 heteroatoms. The summed E-state index contributed by atoms with van der Waals surface area (Å²) in [5.41, 5.74) is 4.21. The van der Waals surface area contributed by atoms with Crippen LogP contribution < -0.4 is 0 Å². The predicted molar refractivity (Wildman–Crippen MR) is 220 cm³/mol. The topological polar surface area (TPSA) is 55.4 Å². The van der Waals surface area contributed by atoms with E-state index >= 15 is 0 Å². The molecule has 6 nitrogen and oxygen atoms in total. The molecular weight excluding hydrogens is 728 g/mol. The molecule has 0 saturated carbocycles. The Morgan fingerprint density at radius 2 is 1.39 bits per heavy atom. The molecule has 2 aromatic carbocycles. The van der Waals surface area contributed by atoms with E-state index in [4.69, 9.17) is 27.2 Å². The summed E-state index contributed by atoms with van der Waals surface area (Å²) in [6, 6.07) is 17.4. The van der Waals surface area contributed by atoms with E-state index in [1.54, 1.807) is 17.4 Å². The fourth-order valence-electron chi connectivity index (χ4n) is 6.16. The number of ether oxygens (including phenoxy) is 2. The van der Waals surface area contributed by atoms with Gasteiger partial charge in [0.25, 0.3) is 0 Å². The maximum absolute atomic E-state index is 13.6. The van der Waals surface area contributed by atoms with E-state index in [9.17, 15) is 4.39 Å². The lowest BCUT2D eigenvalue weighted by atomic mass is 9.86. The van der Waals surface area contributed by atoms with Crippen molar-refractivity contribution in [2.75, 3.05) is 13.2 Å². The molecule has 5 atom stereocenters.